The highest BCUT2D eigenvalue weighted by Gasteiger charge is 2.54. The number of amides is 2. The maximum absolute atomic E-state index is 13.2. The summed E-state index contributed by atoms with van der Waals surface area (Å²) in [6, 6.07) is 3.25. The Hall–Kier alpha value is -4.53. The number of nitrogens with zero attached hydrogens (tertiary/aromatic N) is 4. The second-order valence-corrected chi connectivity index (χ2v) is 12.9. The summed E-state index contributed by atoms with van der Waals surface area (Å²) >= 11 is 4.89. The number of oxime groups is 1. The van der Waals surface area contributed by atoms with E-state index in [4.69, 9.17) is 20.4 Å². The normalized spacial score (nSPS) is 18.0. The Morgan fingerprint density at radius 3 is 2.64 bits per heavy atom. The number of thioether (sulfide) groups is 2. The number of phenolic OH excluding ortho intramolecular Hbond substituents is 2. The summed E-state index contributed by atoms with van der Waals surface area (Å²) in [6.45, 7) is -0.824. The number of nitrogen functional groups attached to an aromatic ring is 1. The van der Waals surface area contributed by atoms with Gasteiger partial charge in [0.2, 0.25) is 12.5 Å². The van der Waals surface area contributed by atoms with Crippen LogP contribution in [0.15, 0.2) is 49.9 Å². The lowest BCUT2D eigenvalue weighted by Crippen LogP contribution is -2.70. The van der Waals surface area contributed by atoms with Crippen LogP contribution in [0.2, 0.25) is 0 Å². The summed E-state index contributed by atoms with van der Waals surface area (Å²) in [6.07, 6.45) is -1.62. The van der Waals surface area contributed by atoms with Crippen molar-refractivity contribution in [2.24, 2.45) is 5.16 Å². The molecule has 2 aliphatic heterocycles. The largest absolute Gasteiger partial charge is 0.512 e. The standard InChI is InChI=1S/C24H20N6O10S4/c25-22-26-12(8-42-22)16(29-39-4-15(33)34)18(35)28-17-19(36)30-20(40-24(37)38)10(5-41-21(17)30)6-43-23-27-11(7-44-23)9-1-2-13(31)14(32)3-9/h1-3,7-8,17,21,31-32H,4-6H2,(H2,25,26)(H,28,35)(H,33,34)(H,37,38)/t17-,21+/m1/s1. The van der Waals surface area contributed by atoms with Crippen molar-refractivity contribution in [3.8, 4) is 22.8 Å². The zero-order valence-corrected chi connectivity index (χ0v) is 25.2. The average molecular weight is 681 g/mol. The molecule has 5 rings (SSSR count). The average Bonchev–Trinajstić information content (AvgIpc) is 3.63. The van der Waals surface area contributed by atoms with E-state index in [0.29, 0.717) is 21.2 Å². The van der Waals surface area contributed by atoms with Crippen LogP contribution in [-0.2, 0) is 24.0 Å². The Kier molecular flexibility index (Phi) is 9.13. The summed E-state index contributed by atoms with van der Waals surface area (Å²) in [7, 11) is 0. The number of carbonyl (C=O) groups is 4. The topological polar surface area (TPSA) is 247 Å². The van der Waals surface area contributed by atoms with Crippen molar-refractivity contribution in [1.82, 2.24) is 20.2 Å². The highest BCUT2D eigenvalue weighted by atomic mass is 32.2. The summed E-state index contributed by atoms with van der Waals surface area (Å²) in [5.41, 5.74) is 6.92. The molecule has 0 radical (unpaired) electrons. The van der Waals surface area contributed by atoms with Gasteiger partial charge in [-0.1, -0.05) is 16.9 Å². The molecule has 0 spiro atoms. The number of rotatable bonds is 11. The van der Waals surface area contributed by atoms with Crippen LogP contribution in [0.5, 0.6) is 11.5 Å². The second kappa shape index (κ2) is 13.0. The number of benzene rings is 1. The molecule has 16 nitrogen and oxygen atoms in total. The van der Waals surface area contributed by atoms with E-state index in [1.54, 1.807) is 11.4 Å². The highest BCUT2D eigenvalue weighted by Crippen LogP contribution is 2.42. The molecule has 230 valence electrons. The predicted molar refractivity (Wildman–Crippen MR) is 159 cm³/mol. The van der Waals surface area contributed by atoms with Crippen molar-refractivity contribution in [3.05, 3.63) is 46.1 Å². The number of carboxylic acids is 1. The Balaban J connectivity index is 1.29. The van der Waals surface area contributed by atoms with Crippen LogP contribution in [0, 0.1) is 0 Å². The molecule has 7 N–H and O–H groups in total. The second-order valence-electron chi connectivity index (χ2n) is 8.81. The van der Waals surface area contributed by atoms with Crippen LogP contribution in [0.4, 0.5) is 9.93 Å². The fourth-order valence-corrected chi connectivity index (χ4v) is 7.79. The minimum absolute atomic E-state index is 0.0111. The van der Waals surface area contributed by atoms with E-state index in [2.05, 4.69) is 20.4 Å². The van der Waals surface area contributed by atoms with Gasteiger partial charge in [0, 0.05) is 33.4 Å². The number of nitrogens with two attached hydrogens (primary N) is 1. The maximum atomic E-state index is 13.2. The SMILES string of the molecule is Nc1nc(C(=NOCC(=O)O)C(=O)N[C@@H]2C(=O)N3C(OC(=O)O)=C(CSc4nc(-c5ccc(O)c(O)c5)cs4)CS[C@@H]23)cs1. The van der Waals surface area contributed by atoms with Crippen LogP contribution in [-0.4, -0.2) is 94.5 Å². The van der Waals surface area contributed by atoms with Crippen LogP contribution in [0.25, 0.3) is 11.3 Å². The summed E-state index contributed by atoms with van der Waals surface area (Å²) in [5, 5.41) is 46.2. The van der Waals surface area contributed by atoms with Crippen LogP contribution < -0.4 is 11.1 Å². The lowest BCUT2D eigenvalue weighted by atomic mass is 10.1. The number of aliphatic carboxylic acids is 1. The number of thiazole rings is 2. The summed E-state index contributed by atoms with van der Waals surface area (Å²) < 4.78 is 5.64. The smallest absolute Gasteiger partial charge is 0.504 e. The minimum atomic E-state index is -1.62. The first-order valence-electron chi connectivity index (χ1n) is 12.1. The Bertz CT molecular complexity index is 1710. The van der Waals surface area contributed by atoms with Crippen molar-refractivity contribution >= 4 is 81.0 Å². The number of anilines is 1. The maximum Gasteiger partial charge on any atom is 0.512 e. The predicted octanol–water partition coefficient (Wildman–Crippen LogP) is 2.16. The molecule has 44 heavy (non-hydrogen) atoms. The van der Waals surface area contributed by atoms with Gasteiger partial charge in [-0.15, -0.1) is 34.4 Å². The van der Waals surface area contributed by atoms with Gasteiger partial charge in [0.1, 0.15) is 17.1 Å². The van der Waals surface area contributed by atoms with Crippen LogP contribution in [0.1, 0.15) is 5.69 Å². The van der Waals surface area contributed by atoms with Crippen LogP contribution in [0.3, 0.4) is 0 Å². The molecule has 2 amide bonds. The monoisotopic (exact) mass is 680 g/mol. The van der Waals surface area contributed by atoms with Crippen molar-refractivity contribution in [3.63, 3.8) is 0 Å². The van der Waals surface area contributed by atoms with E-state index in [0.717, 1.165) is 16.2 Å². The fourth-order valence-electron chi connectivity index (χ4n) is 3.96. The number of fused-ring (bicyclic) bond motifs is 1. The Morgan fingerprint density at radius 1 is 1.16 bits per heavy atom. The summed E-state index contributed by atoms with van der Waals surface area (Å²) in [4.78, 5) is 62.9. The fraction of sp³-hybridized carbons (Fsp3) is 0.208. The molecule has 0 bridgehead atoms. The molecule has 0 unspecified atom stereocenters. The number of nitrogens with one attached hydrogen (secondary N) is 1. The minimum Gasteiger partial charge on any atom is -0.504 e. The van der Waals surface area contributed by atoms with Gasteiger partial charge in [-0.05, 0) is 18.2 Å². The first-order valence-corrected chi connectivity index (χ1v) is 15.9. The number of ether oxygens (including phenoxy) is 1. The van der Waals surface area contributed by atoms with E-state index in [9.17, 15) is 34.5 Å². The molecule has 0 saturated carbocycles. The van der Waals surface area contributed by atoms with Crippen molar-refractivity contribution in [2.75, 3.05) is 23.8 Å². The van der Waals surface area contributed by atoms with E-state index in [1.165, 1.54) is 52.4 Å². The molecule has 2 aliphatic rings. The number of aromatic nitrogens is 2. The van der Waals surface area contributed by atoms with Gasteiger partial charge in [0.05, 0.1) is 5.69 Å². The number of aromatic hydroxyl groups is 2. The van der Waals surface area contributed by atoms with Gasteiger partial charge in [-0.2, -0.15) is 0 Å². The molecular formula is C24H20N6O10S4. The molecule has 2 aromatic heterocycles. The number of hydrogen-bond donors (Lipinski definition) is 6. The number of hydrogen-bond acceptors (Lipinski definition) is 16. The molecule has 1 fully saturated rings. The molecule has 3 aromatic rings. The van der Waals surface area contributed by atoms with Gasteiger partial charge in [-0.25, -0.2) is 19.6 Å². The lowest BCUT2D eigenvalue weighted by molar-refractivity contribution is -0.148. The Labute approximate surface area is 263 Å². The number of phenols is 2. The number of carbonyl (C=O) groups excluding carboxylic acids is 2. The third-order valence-corrected chi connectivity index (χ3v) is 10.0. The third-order valence-electron chi connectivity index (χ3n) is 5.91. The van der Waals surface area contributed by atoms with Gasteiger partial charge >= 0.3 is 12.1 Å². The molecule has 1 saturated heterocycles. The first kappa shape index (κ1) is 30.9. The van der Waals surface area contributed by atoms with E-state index >= 15 is 0 Å². The van der Waals surface area contributed by atoms with Gasteiger partial charge < -0.3 is 41.1 Å². The van der Waals surface area contributed by atoms with Crippen molar-refractivity contribution in [1.29, 1.82) is 0 Å². The summed E-state index contributed by atoms with van der Waals surface area (Å²) in [5.74, 6) is -3.03. The first-order chi connectivity index (χ1) is 21.0. The van der Waals surface area contributed by atoms with Crippen LogP contribution >= 0.6 is 46.2 Å². The lowest BCUT2D eigenvalue weighted by Gasteiger charge is -2.49. The number of β-lactam (4-membered cyclic amide) rings is 1. The van der Waals surface area contributed by atoms with Gasteiger partial charge in [0.15, 0.2) is 26.7 Å². The molecule has 20 heteroatoms. The zero-order chi connectivity index (χ0) is 31.5. The van der Waals surface area contributed by atoms with E-state index in [-0.39, 0.29) is 39.7 Å². The van der Waals surface area contributed by atoms with Gasteiger partial charge in [-0.3, -0.25) is 14.5 Å². The van der Waals surface area contributed by atoms with Gasteiger partial charge in [0.25, 0.3) is 11.8 Å². The van der Waals surface area contributed by atoms with E-state index in [1.807, 2.05) is 0 Å². The highest BCUT2D eigenvalue weighted by molar-refractivity contribution is 8.01. The third kappa shape index (κ3) is 6.67. The molecule has 0 aliphatic carbocycles. The zero-order valence-electron chi connectivity index (χ0n) is 21.9. The van der Waals surface area contributed by atoms with E-state index < -0.39 is 47.7 Å². The van der Waals surface area contributed by atoms with Crippen molar-refractivity contribution < 1.29 is 49.2 Å². The quantitative estimate of drug-likeness (QED) is 0.0424. The molecular weight excluding hydrogens is 661 g/mol. The number of carboxylic acid groups (broad SMARTS) is 2. The molecule has 4 heterocycles. The molecule has 2 atom stereocenters. The molecule has 1 aromatic carbocycles. The Morgan fingerprint density at radius 2 is 1.95 bits per heavy atom. The van der Waals surface area contributed by atoms with Crippen molar-refractivity contribution in [2.45, 2.75) is 15.8 Å².